The molecule has 0 saturated carbocycles. The van der Waals surface area contributed by atoms with Crippen LogP contribution in [0.5, 0.6) is 0 Å². The van der Waals surface area contributed by atoms with E-state index in [9.17, 15) is 0 Å². The van der Waals surface area contributed by atoms with Gasteiger partial charge in [-0.3, -0.25) is 4.98 Å². The molecule has 7 nitrogen and oxygen atoms in total. The molecule has 7 aromatic carbocycles. The molecule has 0 unspecified atom stereocenters. The van der Waals surface area contributed by atoms with Crippen molar-refractivity contribution in [2.24, 2.45) is 0 Å². The maximum Gasteiger partial charge on any atom is 0.167 e. The first-order valence-electron chi connectivity index (χ1n) is 18.1. The molecule has 256 valence electrons. The van der Waals surface area contributed by atoms with Crippen molar-refractivity contribution in [2.75, 3.05) is 0 Å². The molecular weight excluding hydrogens is 681 g/mol. The Bertz CT molecular complexity index is 3510. The Hall–Kier alpha value is -7.64. The van der Waals surface area contributed by atoms with Crippen LogP contribution in [-0.2, 0) is 0 Å². The highest BCUT2D eigenvalue weighted by molar-refractivity contribution is 6.20. The van der Waals surface area contributed by atoms with Crippen molar-refractivity contribution in [1.29, 1.82) is 0 Å². The maximum atomic E-state index is 6.77. The minimum absolute atomic E-state index is 0.517. The van der Waals surface area contributed by atoms with Crippen molar-refractivity contribution >= 4 is 76.6 Å². The molecule has 5 aromatic heterocycles. The smallest absolute Gasteiger partial charge is 0.167 e. The van der Waals surface area contributed by atoms with Crippen LogP contribution < -0.4 is 0 Å². The van der Waals surface area contributed by atoms with Gasteiger partial charge in [0.15, 0.2) is 17.5 Å². The topological polar surface area (TPSA) is 91.0 Å². The Morgan fingerprint density at radius 3 is 1.82 bits per heavy atom. The van der Waals surface area contributed by atoms with Crippen LogP contribution in [-0.4, -0.2) is 19.9 Å². The lowest BCUT2D eigenvalue weighted by molar-refractivity contribution is 0.668. The van der Waals surface area contributed by atoms with Gasteiger partial charge in [-0.25, -0.2) is 15.0 Å². The van der Waals surface area contributed by atoms with Crippen molar-refractivity contribution in [1.82, 2.24) is 19.9 Å². The fraction of sp³-hybridized carbons (Fsp3) is 0. The molecule has 12 aromatic rings. The van der Waals surface area contributed by atoms with Crippen molar-refractivity contribution in [3.63, 3.8) is 0 Å². The quantitative estimate of drug-likeness (QED) is 0.180. The number of para-hydroxylation sites is 2. The van der Waals surface area contributed by atoms with Gasteiger partial charge in [0.05, 0.1) is 5.56 Å². The van der Waals surface area contributed by atoms with Crippen molar-refractivity contribution in [3.05, 3.63) is 158 Å². The largest absolute Gasteiger partial charge is 0.456 e. The van der Waals surface area contributed by atoms with Crippen LogP contribution in [0, 0.1) is 0 Å². The minimum atomic E-state index is 0.517. The van der Waals surface area contributed by atoms with E-state index in [1.165, 1.54) is 0 Å². The van der Waals surface area contributed by atoms with E-state index in [4.69, 9.17) is 33.2 Å². The number of fused-ring (bicyclic) bond motifs is 10. The van der Waals surface area contributed by atoms with E-state index in [-0.39, 0.29) is 0 Å². The van der Waals surface area contributed by atoms with Gasteiger partial charge in [0.25, 0.3) is 0 Å². The highest BCUT2D eigenvalue weighted by atomic mass is 16.3. The van der Waals surface area contributed by atoms with E-state index in [1.54, 1.807) is 0 Å². The first-order valence-corrected chi connectivity index (χ1v) is 18.1. The van der Waals surface area contributed by atoms with Crippen LogP contribution in [0.25, 0.3) is 122 Å². The van der Waals surface area contributed by atoms with Crippen LogP contribution in [0.1, 0.15) is 0 Å². The minimum Gasteiger partial charge on any atom is -0.456 e. The van der Waals surface area contributed by atoms with Gasteiger partial charge in [-0.1, -0.05) is 109 Å². The molecule has 0 amide bonds. The van der Waals surface area contributed by atoms with Gasteiger partial charge in [-0.15, -0.1) is 0 Å². The molecule has 0 aliphatic rings. The predicted molar refractivity (Wildman–Crippen MR) is 219 cm³/mol. The van der Waals surface area contributed by atoms with E-state index < -0.39 is 0 Å². The van der Waals surface area contributed by atoms with Gasteiger partial charge in [0.2, 0.25) is 0 Å². The SMILES string of the molecule is c1ccc(-c2nc(-c3cccc4c3oc3ccccc34)nc(-c3cccc4oc5c(-c6cccc7oc8cc9ccccc9cc8c67)cncc5c34)n2)cc1. The second-order valence-electron chi connectivity index (χ2n) is 13.8. The number of hydrogen-bond donors (Lipinski definition) is 0. The first-order chi connectivity index (χ1) is 27.2. The third-order valence-corrected chi connectivity index (χ3v) is 10.6. The molecule has 12 rings (SSSR count). The molecule has 0 fully saturated rings. The molecule has 0 radical (unpaired) electrons. The lowest BCUT2D eigenvalue weighted by atomic mass is 9.97. The lowest BCUT2D eigenvalue weighted by Gasteiger charge is -2.09. The predicted octanol–water partition coefficient (Wildman–Crippen LogP) is 12.8. The number of hydrogen-bond acceptors (Lipinski definition) is 7. The third-order valence-electron chi connectivity index (χ3n) is 10.6. The number of furan rings is 3. The number of rotatable bonds is 4. The second-order valence-corrected chi connectivity index (χ2v) is 13.8. The van der Waals surface area contributed by atoms with Crippen LogP contribution in [0.4, 0.5) is 0 Å². The van der Waals surface area contributed by atoms with Crippen molar-refractivity contribution < 1.29 is 13.3 Å². The molecule has 5 heterocycles. The van der Waals surface area contributed by atoms with E-state index in [0.717, 1.165) is 98.8 Å². The molecular formula is C48H26N4O3. The summed E-state index contributed by atoms with van der Waals surface area (Å²) in [6.45, 7) is 0. The summed E-state index contributed by atoms with van der Waals surface area (Å²) >= 11 is 0. The van der Waals surface area contributed by atoms with Crippen LogP contribution >= 0.6 is 0 Å². The van der Waals surface area contributed by atoms with E-state index >= 15 is 0 Å². The molecule has 0 bridgehead atoms. The maximum absolute atomic E-state index is 6.77. The number of pyridine rings is 1. The number of aromatic nitrogens is 4. The van der Waals surface area contributed by atoms with Gasteiger partial charge in [0, 0.05) is 61.4 Å². The summed E-state index contributed by atoms with van der Waals surface area (Å²) < 4.78 is 19.6. The molecule has 55 heavy (non-hydrogen) atoms. The van der Waals surface area contributed by atoms with Crippen LogP contribution in [0.2, 0.25) is 0 Å². The summed E-state index contributed by atoms with van der Waals surface area (Å²) in [6.07, 6.45) is 3.74. The van der Waals surface area contributed by atoms with E-state index in [0.29, 0.717) is 23.1 Å². The Balaban J connectivity index is 1.10. The van der Waals surface area contributed by atoms with Crippen LogP contribution in [0.3, 0.4) is 0 Å². The summed E-state index contributed by atoms with van der Waals surface area (Å²) in [5.41, 5.74) is 8.96. The molecule has 7 heteroatoms. The van der Waals surface area contributed by atoms with Gasteiger partial charge in [-0.2, -0.15) is 0 Å². The van der Waals surface area contributed by atoms with Gasteiger partial charge >= 0.3 is 0 Å². The normalized spacial score (nSPS) is 12.0. The third kappa shape index (κ3) is 4.50. The fourth-order valence-corrected chi connectivity index (χ4v) is 8.11. The van der Waals surface area contributed by atoms with E-state index in [1.807, 2.05) is 109 Å². The van der Waals surface area contributed by atoms with Crippen LogP contribution in [0.15, 0.2) is 171 Å². The van der Waals surface area contributed by atoms with E-state index in [2.05, 4.69) is 48.5 Å². The average molecular weight is 707 g/mol. The second kappa shape index (κ2) is 11.4. The molecule has 0 aliphatic heterocycles. The zero-order valence-electron chi connectivity index (χ0n) is 29.0. The lowest BCUT2D eigenvalue weighted by Crippen LogP contribution is -2.00. The Labute approximate surface area is 312 Å². The highest BCUT2D eigenvalue weighted by Gasteiger charge is 2.23. The van der Waals surface area contributed by atoms with Gasteiger partial charge < -0.3 is 13.3 Å². The summed E-state index contributed by atoms with van der Waals surface area (Å²) in [5, 5.41) is 8.14. The number of benzene rings is 7. The summed E-state index contributed by atoms with van der Waals surface area (Å²) in [6, 6.07) is 49.0. The highest BCUT2D eigenvalue weighted by Crippen LogP contribution is 2.44. The van der Waals surface area contributed by atoms with Crippen molar-refractivity contribution in [3.8, 4) is 45.3 Å². The Morgan fingerprint density at radius 2 is 0.945 bits per heavy atom. The Morgan fingerprint density at radius 1 is 0.345 bits per heavy atom. The zero-order chi connectivity index (χ0) is 36.0. The van der Waals surface area contributed by atoms with Gasteiger partial charge in [-0.05, 0) is 52.7 Å². The van der Waals surface area contributed by atoms with Gasteiger partial charge in [0.1, 0.15) is 33.5 Å². The zero-order valence-corrected chi connectivity index (χ0v) is 29.0. The summed E-state index contributed by atoms with van der Waals surface area (Å²) in [5.74, 6) is 1.59. The monoisotopic (exact) mass is 706 g/mol. The average Bonchev–Trinajstić information content (AvgIpc) is 3.94. The molecule has 0 N–H and O–H groups in total. The molecule has 0 atom stereocenters. The van der Waals surface area contributed by atoms with Crippen molar-refractivity contribution in [2.45, 2.75) is 0 Å². The summed E-state index contributed by atoms with van der Waals surface area (Å²) in [4.78, 5) is 20.1. The Kier molecular flexibility index (Phi) is 6.21. The molecule has 0 aliphatic carbocycles. The first kappa shape index (κ1) is 29.9. The molecule has 0 saturated heterocycles. The molecule has 0 spiro atoms. The summed E-state index contributed by atoms with van der Waals surface area (Å²) in [7, 11) is 0. The standard InChI is InChI=1S/C48H26N4O3/c1-2-11-27(12-3-1)46-50-47(52-48(51-46)34-19-8-17-32-30-15-6-7-20-38(30)54-44(32)34)33-18-10-22-40-43(33)37-26-49-25-36(45(37)55-40)31-16-9-21-39-42(31)35-23-28-13-4-5-14-29(28)24-41(35)53-39/h1-26H. The fourth-order valence-electron chi connectivity index (χ4n) is 8.11. The number of nitrogens with zero attached hydrogens (tertiary/aromatic N) is 4.